The maximum Gasteiger partial charge on any atom is 0.181 e. The van der Waals surface area contributed by atoms with Gasteiger partial charge in [-0.25, -0.2) is 14.6 Å². The summed E-state index contributed by atoms with van der Waals surface area (Å²) in [6.45, 7) is 0. The average molecular weight is 238 g/mol. The number of aromatic hydroxyl groups is 1. The number of aromatic nitrogens is 3. The lowest BCUT2D eigenvalue weighted by atomic mass is 10.2. The summed E-state index contributed by atoms with van der Waals surface area (Å²) in [7, 11) is 0. The molecule has 0 aliphatic rings. The number of rotatable bonds is 2. The van der Waals surface area contributed by atoms with Crippen molar-refractivity contribution in [2.45, 2.75) is 0 Å². The molecule has 18 heavy (non-hydrogen) atoms. The Hall–Kier alpha value is -2.69. The standard InChI is InChI=1S/C13H10N4O/c18-12-6-2-1-4-10(12)8-16-17-9-15-11-5-3-7-14-13(11)17/h1-9,18H/b16-8+. The van der Waals surface area contributed by atoms with Gasteiger partial charge < -0.3 is 5.11 Å². The van der Waals surface area contributed by atoms with Gasteiger partial charge in [-0.05, 0) is 24.3 Å². The summed E-state index contributed by atoms with van der Waals surface area (Å²) < 4.78 is 1.57. The molecule has 3 aromatic rings. The Balaban J connectivity index is 2.00. The van der Waals surface area contributed by atoms with E-state index in [-0.39, 0.29) is 5.75 Å². The van der Waals surface area contributed by atoms with Gasteiger partial charge in [-0.1, -0.05) is 12.1 Å². The molecule has 0 spiro atoms. The number of phenols is 1. The first kappa shape index (κ1) is 10.5. The van der Waals surface area contributed by atoms with Crippen LogP contribution in [-0.4, -0.2) is 26.0 Å². The van der Waals surface area contributed by atoms with Crippen molar-refractivity contribution in [2.75, 3.05) is 0 Å². The van der Waals surface area contributed by atoms with Crippen LogP contribution < -0.4 is 0 Å². The number of fused-ring (bicyclic) bond motifs is 1. The van der Waals surface area contributed by atoms with Crippen LogP contribution in [0.1, 0.15) is 5.56 Å². The van der Waals surface area contributed by atoms with Crippen molar-refractivity contribution < 1.29 is 5.11 Å². The van der Waals surface area contributed by atoms with Gasteiger partial charge in [0, 0.05) is 11.8 Å². The minimum atomic E-state index is 0.193. The van der Waals surface area contributed by atoms with Gasteiger partial charge in [0.15, 0.2) is 5.65 Å². The summed E-state index contributed by atoms with van der Waals surface area (Å²) in [5.74, 6) is 0.193. The summed E-state index contributed by atoms with van der Waals surface area (Å²) in [6.07, 6.45) is 4.86. The molecule has 2 aromatic heterocycles. The molecule has 0 saturated carbocycles. The SMILES string of the molecule is Oc1ccccc1/C=N/n1cnc2cccnc21. The molecule has 5 nitrogen and oxygen atoms in total. The van der Waals surface area contributed by atoms with Crippen LogP contribution in [0.3, 0.4) is 0 Å². The molecular formula is C13H10N4O. The normalized spacial score (nSPS) is 11.3. The van der Waals surface area contributed by atoms with Crippen molar-refractivity contribution in [2.24, 2.45) is 5.10 Å². The number of nitrogens with zero attached hydrogens (tertiary/aromatic N) is 4. The molecule has 0 fully saturated rings. The van der Waals surface area contributed by atoms with Gasteiger partial charge in [0.2, 0.25) is 0 Å². The lowest BCUT2D eigenvalue weighted by Crippen LogP contribution is -1.90. The Kier molecular flexibility index (Phi) is 2.49. The predicted octanol–water partition coefficient (Wildman–Crippen LogP) is 2.02. The van der Waals surface area contributed by atoms with E-state index in [1.807, 2.05) is 18.2 Å². The van der Waals surface area contributed by atoms with Gasteiger partial charge in [-0.2, -0.15) is 5.10 Å². The molecule has 88 valence electrons. The second-order valence-corrected chi connectivity index (χ2v) is 3.74. The summed E-state index contributed by atoms with van der Waals surface area (Å²) in [4.78, 5) is 8.38. The third-order valence-corrected chi connectivity index (χ3v) is 2.55. The molecule has 0 unspecified atom stereocenters. The molecule has 0 aliphatic carbocycles. The largest absolute Gasteiger partial charge is 0.507 e. The molecular weight excluding hydrogens is 228 g/mol. The first-order valence-electron chi connectivity index (χ1n) is 5.45. The van der Waals surface area contributed by atoms with Gasteiger partial charge in [0.1, 0.15) is 17.6 Å². The first-order valence-corrected chi connectivity index (χ1v) is 5.45. The summed E-state index contributed by atoms with van der Waals surface area (Å²) in [5, 5.41) is 13.9. The minimum absolute atomic E-state index is 0.193. The van der Waals surface area contributed by atoms with Gasteiger partial charge in [0.05, 0.1) is 6.21 Å². The number of hydrogen-bond acceptors (Lipinski definition) is 4. The highest BCUT2D eigenvalue weighted by molar-refractivity contribution is 5.83. The highest BCUT2D eigenvalue weighted by Gasteiger charge is 2.01. The summed E-state index contributed by atoms with van der Waals surface area (Å²) in [6, 6.07) is 10.7. The highest BCUT2D eigenvalue weighted by atomic mass is 16.3. The van der Waals surface area contributed by atoms with Crippen LogP contribution in [0.25, 0.3) is 11.2 Å². The van der Waals surface area contributed by atoms with Gasteiger partial charge in [-0.15, -0.1) is 0 Å². The van der Waals surface area contributed by atoms with Crippen LogP contribution in [0.5, 0.6) is 5.75 Å². The van der Waals surface area contributed by atoms with E-state index in [0.29, 0.717) is 11.2 Å². The second kappa shape index (κ2) is 4.29. The van der Waals surface area contributed by atoms with E-state index >= 15 is 0 Å². The van der Waals surface area contributed by atoms with Crippen molar-refractivity contribution in [3.8, 4) is 5.75 Å². The lowest BCUT2D eigenvalue weighted by Gasteiger charge is -1.97. The molecule has 1 aromatic carbocycles. The van der Waals surface area contributed by atoms with Crippen molar-refractivity contribution in [3.63, 3.8) is 0 Å². The fourth-order valence-corrected chi connectivity index (χ4v) is 1.64. The fourth-order valence-electron chi connectivity index (χ4n) is 1.64. The molecule has 0 bridgehead atoms. The molecule has 0 amide bonds. The number of benzene rings is 1. The molecule has 0 atom stereocenters. The third-order valence-electron chi connectivity index (χ3n) is 2.55. The summed E-state index contributed by atoms with van der Waals surface area (Å²) >= 11 is 0. The Morgan fingerprint density at radius 1 is 1.11 bits per heavy atom. The van der Waals surface area contributed by atoms with E-state index in [2.05, 4.69) is 15.1 Å². The highest BCUT2D eigenvalue weighted by Crippen LogP contribution is 2.13. The predicted molar refractivity (Wildman–Crippen MR) is 68.6 cm³/mol. The molecule has 1 N–H and O–H groups in total. The Morgan fingerprint density at radius 2 is 2.00 bits per heavy atom. The number of hydrogen-bond donors (Lipinski definition) is 1. The van der Waals surface area contributed by atoms with Crippen LogP contribution in [0.2, 0.25) is 0 Å². The van der Waals surface area contributed by atoms with Crippen molar-refractivity contribution in [3.05, 3.63) is 54.5 Å². The third kappa shape index (κ3) is 1.82. The topological polar surface area (TPSA) is 63.3 Å². The molecule has 2 heterocycles. The molecule has 3 rings (SSSR count). The molecule has 0 aliphatic heterocycles. The number of pyridine rings is 1. The quantitative estimate of drug-likeness (QED) is 0.695. The van der Waals surface area contributed by atoms with Crippen LogP contribution in [0.15, 0.2) is 54.0 Å². The Labute approximate surface area is 103 Å². The van der Waals surface area contributed by atoms with Crippen molar-refractivity contribution in [1.29, 1.82) is 0 Å². The van der Waals surface area contributed by atoms with Crippen molar-refractivity contribution in [1.82, 2.24) is 14.6 Å². The van der Waals surface area contributed by atoms with Crippen LogP contribution in [-0.2, 0) is 0 Å². The van der Waals surface area contributed by atoms with Crippen LogP contribution in [0.4, 0.5) is 0 Å². The number of para-hydroxylation sites is 1. The monoisotopic (exact) mass is 238 g/mol. The molecule has 0 radical (unpaired) electrons. The van der Waals surface area contributed by atoms with E-state index in [4.69, 9.17) is 0 Å². The van der Waals surface area contributed by atoms with Gasteiger partial charge in [-0.3, -0.25) is 0 Å². The van der Waals surface area contributed by atoms with Crippen LogP contribution in [0, 0.1) is 0 Å². The van der Waals surface area contributed by atoms with E-state index in [9.17, 15) is 5.11 Å². The maximum absolute atomic E-state index is 9.62. The minimum Gasteiger partial charge on any atom is -0.507 e. The van der Waals surface area contributed by atoms with Crippen LogP contribution >= 0.6 is 0 Å². The van der Waals surface area contributed by atoms with E-state index in [0.717, 1.165) is 5.52 Å². The smallest absolute Gasteiger partial charge is 0.181 e. The Morgan fingerprint density at radius 3 is 2.89 bits per heavy atom. The first-order chi connectivity index (χ1) is 8.84. The van der Waals surface area contributed by atoms with Crippen molar-refractivity contribution >= 4 is 17.4 Å². The van der Waals surface area contributed by atoms with Gasteiger partial charge in [0.25, 0.3) is 0 Å². The zero-order chi connectivity index (χ0) is 12.4. The number of imidazole rings is 1. The van der Waals surface area contributed by atoms with Gasteiger partial charge >= 0.3 is 0 Å². The summed E-state index contributed by atoms with van der Waals surface area (Å²) in [5.41, 5.74) is 2.12. The fraction of sp³-hybridized carbons (Fsp3) is 0. The maximum atomic E-state index is 9.62. The number of phenolic OH excluding ortho intramolecular Hbond substituents is 1. The lowest BCUT2D eigenvalue weighted by molar-refractivity contribution is 0.474. The second-order valence-electron chi connectivity index (χ2n) is 3.74. The zero-order valence-corrected chi connectivity index (χ0v) is 9.43. The van der Waals surface area contributed by atoms with E-state index in [1.165, 1.54) is 0 Å². The molecule has 0 saturated heterocycles. The molecule has 5 heteroatoms. The zero-order valence-electron chi connectivity index (χ0n) is 9.43. The van der Waals surface area contributed by atoms with E-state index < -0.39 is 0 Å². The Bertz CT molecular complexity index is 718. The van der Waals surface area contributed by atoms with E-state index in [1.54, 1.807) is 41.6 Å². The average Bonchev–Trinajstić information content (AvgIpc) is 2.81.